The van der Waals surface area contributed by atoms with Gasteiger partial charge < -0.3 is 4.74 Å². The summed E-state index contributed by atoms with van der Waals surface area (Å²) in [7, 11) is 1.28. The summed E-state index contributed by atoms with van der Waals surface area (Å²) in [5, 5.41) is 8.51. The molecule has 0 aliphatic rings. The van der Waals surface area contributed by atoms with Crippen LogP contribution in [0.25, 0.3) is 16.9 Å². The first-order chi connectivity index (χ1) is 12.0. The standard InChI is InChI=1S/C16H16ClN5O3/c1-4-12(16(24)25-3)21-8-18-14-13(15(21)23)19-20-22(14)10-6-5-9(2)11(17)7-10/h5-8,12H,4H2,1-3H3. The number of methoxy groups -OCH3 is 1. The molecule has 0 radical (unpaired) electrons. The van der Waals surface area contributed by atoms with Crippen LogP contribution in [-0.4, -0.2) is 37.6 Å². The van der Waals surface area contributed by atoms with Crippen molar-refractivity contribution in [2.24, 2.45) is 0 Å². The molecule has 3 aromatic rings. The zero-order valence-corrected chi connectivity index (χ0v) is 14.7. The summed E-state index contributed by atoms with van der Waals surface area (Å²) in [4.78, 5) is 28.8. The van der Waals surface area contributed by atoms with Gasteiger partial charge in [-0.3, -0.25) is 9.36 Å². The molecular weight excluding hydrogens is 346 g/mol. The minimum Gasteiger partial charge on any atom is -0.467 e. The van der Waals surface area contributed by atoms with Gasteiger partial charge in [0.05, 0.1) is 12.8 Å². The molecule has 130 valence electrons. The number of hydrogen-bond donors (Lipinski definition) is 0. The van der Waals surface area contributed by atoms with Crippen molar-refractivity contribution in [2.45, 2.75) is 26.3 Å². The van der Waals surface area contributed by atoms with Crippen LogP contribution >= 0.6 is 11.6 Å². The third-order valence-electron chi connectivity index (χ3n) is 3.98. The highest BCUT2D eigenvalue weighted by atomic mass is 35.5. The molecule has 0 fully saturated rings. The van der Waals surface area contributed by atoms with Gasteiger partial charge in [0, 0.05) is 5.02 Å². The highest BCUT2D eigenvalue weighted by Gasteiger charge is 2.23. The van der Waals surface area contributed by atoms with Gasteiger partial charge in [0.1, 0.15) is 12.4 Å². The molecule has 2 heterocycles. The first kappa shape index (κ1) is 17.1. The third kappa shape index (κ3) is 2.89. The second kappa shape index (κ2) is 6.64. The summed E-state index contributed by atoms with van der Waals surface area (Å²) in [6.07, 6.45) is 1.70. The van der Waals surface area contributed by atoms with Crippen LogP contribution in [0.15, 0.2) is 29.3 Å². The quantitative estimate of drug-likeness (QED) is 0.660. The van der Waals surface area contributed by atoms with Crippen molar-refractivity contribution >= 4 is 28.7 Å². The van der Waals surface area contributed by atoms with Crippen LogP contribution in [0.4, 0.5) is 0 Å². The lowest BCUT2D eigenvalue weighted by molar-refractivity contribution is -0.144. The van der Waals surface area contributed by atoms with E-state index in [2.05, 4.69) is 15.3 Å². The maximum atomic E-state index is 12.7. The summed E-state index contributed by atoms with van der Waals surface area (Å²) in [5.41, 5.74) is 1.48. The zero-order chi connectivity index (χ0) is 18.1. The minimum atomic E-state index is -0.756. The molecule has 0 aliphatic heterocycles. The molecule has 8 nitrogen and oxygen atoms in total. The number of esters is 1. The number of hydrogen-bond acceptors (Lipinski definition) is 6. The molecule has 3 rings (SSSR count). The number of carbonyl (C=O) groups is 1. The summed E-state index contributed by atoms with van der Waals surface area (Å²) < 4.78 is 7.39. The third-order valence-corrected chi connectivity index (χ3v) is 4.39. The number of fused-ring (bicyclic) bond motifs is 1. The molecular formula is C16H16ClN5O3. The largest absolute Gasteiger partial charge is 0.467 e. The fourth-order valence-electron chi connectivity index (χ4n) is 2.55. The molecule has 0 N–H and O–H groups in total. The Morgan fingerprint density at radius 1 is 1.40 bits per heavy atom. The van der Waals surface area contributed by atoms with Crippen LogP contribution in [0.5, 0.6) is 0 Å². The van der Waals surface area contributed by atoms with Crippen LogP contribution < -0.4 is 5.56 Å². The number of ether oxygens (including phenoxy) is 1. The van der Waals surface area contributed by atoms with Crippen LogP contribution in [0, 0.1) is 6.92 Å². The Balaban J connectivity index is 2.15. The van der Waals surface area contributed by atoms with Gasteiger partial charge in [-0.1, -0.05) is 29.8 Å². The smallest absolute Gasteiger partial charge is 0.329 e. The maximum absolute atomic E-state index is 12.7. The molecule has 0 aliphatic carbocycles. The molecule has 25 heavy (non-hydrogen) atoms. The Bertz CT molecular complexity index is 1010. The predicted molar refractivity (Wildman–Crippen MR) is 92.0 cm³/mol. The summed E-state index contributed by atoms with van der Waals surface area (Å²) >= 11 is 6.15. The number of aromatic nitrogens is 5. The Hall–Kier alpha value is -2.74. The predicted octanol–water partition coefficient (Wildman–Crippen LogP) is 2.06. The van der Waals surface area contributed by atoms with E-state index < -0.39 is 17.6 Å². The van der Waals surface area contributed by atoms with Gasteiger partial charge in [0.2, 0.25) is 0 Å². The molecule has 1 unspecified atom stereocenters. The van der Waals surface area contributed by atoms with Crippen LogP contribution in [0.1, 0.15) is 24.9 Å². The molecule has 0 amide bonds. The highest BCUT2D eigenvalue weighted by molar-refractivity contribution is 6.31. The maximum Gasteiger partial charge on any atom is 0.329 e. The van der Waals surface area contributed by atoms with Crippen molar-refractivity contribution in [3.63, 3.8) is 0 Å². The topological polar surface area (TPSA) is 91.9 Å². The van der Waals surface area contributed by atoms with Crippen molar-refractivity contribution in [3.05, 3.63) is 45.5 Å². The molecule has 1 atom stereocenters. The van der Waals surface area contributed by atoms with E-state index in [0.29, 0.717) is 22.8 Å². The number of carbonyl (C=O) groups excluding carboxylic acids is 1. The van der Waals surface area contributed by atoms with Crippen molar-refractivity contribution in [2.75, 3.05) is 7.11 Å². The van der Waals surface area contributed by atoms with E-state index in [4.69, 9.17) is 16.3 Å². The number of rotatable bonds is 4. The normalized spacial score (nSPS) is 12.3. The molecule has 2 aromatic heterocycles. The van der Waals surface area contributed by atoms with E-state index in [-0.39, 0.29) is 5.52 Å². The van der Waals surface area contributed by atoms with E-state index >= 15 is 0 Å². The highest BCUT2D eigenvalue weighted by Crippen LogP contribution is 2.21. The van der Waals surface area contributed by atoms with E-state index in [1.165, 1.54) is 22.7 Å². The fraction of sp³-hybridized carbons (Fsp3) is 0.312. The first-order valence-corrected chi connectivity index (χ1v) is 8.02. The number of benzene rings is 1. The summed E-state index contributed by atoms with van der Waals surface area (Å²) in [6.45, 7) is 3.67. The number of aryl methyl sites for hydroxylation is 1. The SMILES string of the molecule is CCC(C(=O)OC)n1cnc2c(nnn2-c2ccc(C)c(Cl)c2)c1=O. The number of nitrogens with zero attached hydrogens (tertiary/aromatic N) is 5. The van der Waals surface area contributed by atoms with Crippen LogP contribution in [0.2, 0.25) is 5.02 Å². The average molecular weight is 362 g/mol. The Labute approximate surface area is 148 Å². The molecule has 1 aromatic carbocycles. The van der Waals surface area contributed by atoms with Gasteiger partial charge in [-0.2, -0.15) is 4.68 Å². The molecule has 0 bridgehead atoms. The Morgan fingerprint density at radius 2 is 2.16 bits per heavy atom. The molecule has 0 saturated carbocycles. The average Bonchev–Trinajstić information content (AvgIpc) is 3.04. The fourth-order valence-corrected chi connectivity index (χ4v) is 2.72. The summed E-state index contributed by atoms with van der Waals surface area (Å²) in [6, 6.07) is 4.62. The monoisotopic (exact) mass is 361 g/mol. The van der Waals surface area contributed by atoms with Gasteiger partial charge >= 0.3 is 5.97 Å². The van der Waals surface area contributed by atoms with E-state index in [1.54, 1.807) is 13.0 Å². The van der Waals surface area contributed by atoms with Gasteiger partial charge in [-0.05, 0) is 31.0 Å². The zero-order valence-electron chi connectivity index (χ0n) is 13.9. The first-order valence-electron chi connectivity index (χ1n) is 7.64. The number of halogens is 1. The molecule has 0 spiro atoms. The lowest BCUT2D eigenvalue weighted by atomic mass is 10.2. The lowest BCUT2D eigenvalue weighted by Crippen LogP contribution is -2.30. The Morgan fingerprint density at radius 3 is 2.80 bits per heavy atom. The van der Waals surface area contributed by atoms with Crippen molar-refractivity contribution in [1.29, 1.82) is 0 Å². The molecule has 9 heteroatoms. The Kier molecular flexibility index (Phi) is 4.54. The van der Waals surface area contributed by atoms with E-state index in [9.17, 15) is 9.59 Å². The van der Waals surface area contributed by atoms with Gasteiger partial charge in [0.15, 0.2) is 11.2 Å². The van der Waals surface area contributed by atoms with Gasteiger partial charge in [0.25, 0.3) is 5.56 Å². The second-order valence-electron chi connectivity index (χ2n) is 5.51. The van der Waals surface area contributed by atoms with Crippen molar-refractivity contribution in [1.82, 2.24) is 24.5 Å². The van der Waals surface area contributed by atoms with Gasteiger partial charge in [-0.25, -0.2) is 9.78 Å². The summed E-state index contributed by atoms with van der Waals surface area (Å²) in [5.74, 6) is -0.511. The van der Waals surface area contributed by atoms with Gasteiger partial charge in [-0.15, -0.1) is 5.10 Å². The molecule has 0 saturated heterocycles. The second-order valence-corrected chi connectivity index (χ2v) is 5.92. The van der Waals surface area contributed by atoms with Crippen LogP contribution in [-0.2, 0) is 9.53 Å². The lowest BCUT2D eigenvalue weighted by Gasteiger charge is -2.14. The van der Waals surface area contributed by atoms with Crippen molar-refractivity contribution < 1.29 is 9.53 Å². The minimum absolute atomic E-state index is 0.0709. The van der Waals surface area contributed by atoms with E-state index in [1.807, 2.05) is 19.1 Å². The van der Waals surface area contributed by atoms with Crippen molar-refractivity contribution in [3.8, 4) is 5.69 Å². The van der Waals surface area contributed by atoms with E-state index in [0.717, 1.165) is 5.56 Å². The van der Waals surface area contributed by atoms with Crippen LogP contribution in [0.3, 0.4) is 0 Å².